The molecule has 0 radical (unpaired) electrons. The maximum atomic E-state index is 13.7. The topological polar surface area (TPSA) is 81.3 Å². The van der Waals surface area contributed by atoms with Crippen LogP contribution >= 0.6 is 0 Å². The number of aromatic nitrogens is 3. The van der Waals surface area contributed by atoms with Crippen molar-refractivity contribution in [2.75, 3.05) is 24.3 Å². The molecule has 0 unspecified atom stereocenters. The number of nitrogens with one attached hydrogen (secondary N) is 1. The molecule has 0 spiro atoms. The largest absolute Gasteiger partial charge is 0.378 e. The molecule has 4 aromatic rings. The fourth-order valence-corrected chi connectivity index (χ4v) is 4.35. The van der Waals surface area contributed by atoms with E-state index in [4.69, 9.17) is 0 Å². The summed E-state index contributed by atoms with van der Waals surface area (Å²) in [5, 5.41) is 3.57. The Kier molecular flexibility index (Phi) is 5.16. The normalized spacial score (nSPS) is 13.3. The van der Waals surface area contributed by atoms with Crippen molar-refractivity contribution in [2.24, 2.45) is 7.05 Å². The third kappa shape index (κ3) is 3.51. The standard InChI is InChI=1S/C26H27N5O3/c1-16-7-5-6-8-21(16)31-24-23(25(33)30(26(31)34)19-13-14-19)20(15-22(32)29(24)4)27-17-9-11-18(12-10-17)28(2)3/h5-12,15,19,27H,13-14H2,1-4H3. The molecule has 2 aromatic heterocycles. The Morgan fingerprint density at radius 1 is 0.971 bits per heavy atom. The lowest BCUT2D eigenvalue weighted by atomic mass is 10.2. The van der Waals surface area contributed by atoms with E-state index in [9.17, 15) is 14.4 Å². The monoisotopic (exact) mass is 457 g/mol. The van der Waals surface area contributed by atoms with E-state index in [1.165, 1.54) is 19.8 Å². The van der Waals surface area contributed by atoms with Crippen LogP contribution in [0.2, 0.25) is 0 Å². The van der Waals surface area contributed by atoms with Gasteiger partial charge in [0.25, 0.3) is 11.1 Å². The molecule has 1 fully saturated rings. The van der Waals surface area contributed by atoms with E-state index < -0.39 is 5.69 Å². The molecular weight excluding hydrogens is 430 g/mol. The van der Waals surface area contributed by atoms with Gasteiger partial charge in [-0.05, 0) is 55.7 Å². The highest BCUT2D eigenvalue weighted by Gasteiger charge is 2.31. The van der Waals surface area contributed by atoms with Crippen molar-refractivity contribution in [2.45, 2.75) is 25.8 Å². The van der Waals surface area contributed by atoms with Crippen molar-refractivity contribution in [1.29, 1.82) is 0 Å². The van der Waals surface area contributed by atoms with Crippen LogP contribution in [-0.2, 0) is 7.05 Å². The van der Waals surface area contributed by atoms with Crippen molar-refractivity contribution in [1.82, 2.24) is 13.7 Å². The Morgan fingerprint density at radius 3 is 2.26 bits per heavy atom. The summed E-state index contributed by atoms with van der Waals surface area (Å²) in [6, 6.07) is 16.5. The molecule has 0 atom stereocenters. The number of anilines is 3. The van der Waals surface area contributed by atoms with Crippen molar-refractivity contribution >= 4 is 28.1 Å². The minimum absolute atomic E-state index is 0.121. The Balaban J connectivity index is 1.84. The molecule has 1 aliphatic carbocycles. The molecule has 0 bridgehead atoms. The smallest absolute Gasteiger partial charge is 0.337 e. The number of hydrogen-bond acceptors (Lipinski definition) is 5. The second-order valence-electron chi connectivity index (χ2n) is 9.03. The quantitative estimate of drug-likeness (QED) is 0.497. The number of fused-ring (bicyclic) bond motifs is 1. The van der Waals surface area contributed by atoms with Crippen LogP contribution in [0.25, 0.3) is 16.7 Å². The fraction of sp³-hybridized carbons (Fsp3) is 0.269. The van der Waals surface area contributed by atoms with Gasteiger partial charge in [-0.1, -0.05) is 18.2 Å². The average Bonchev–Trinajstić information content (AvgIpc) is 3.63. The van der Waals surface area contributed by atoms with E-state index in [1.807, 2.05) is 74.4 Å². The van der Waals surface area contributed by atoms with Crippen LogP contribution in [0.4, 0.5) is 17.1 Å². The number of rotatable bonds is 5. The van der Waals surface area contributed by atoms with Gasteiger partial charge in [-0.2, -0.15) is 0 Å². The molecule has 1 N–H and O–H groups in total. The van der Waals surface area contributed by atoms with Gasteiger partial charge < -0.3 is 10.2 Å². The first kappa shape index (κ1) is 21.8. The molecule has 0 amide bonds. The van der Waals surface area contributed by atoms with Gasteiger partial charge in [0.2, 0.25) is 0 Å². The molecule has 34 heavy (non-hydrogen) atoms. The summed E-state index contributed by atoms with van der Waals surface area (Å²) < 4.78 is 4.23. The lowest BCUT2D eigenvalue weighted by Crippen LogP contribution is -2.41. The second-order valence-corrected chi connectivity index (χ2v) is 9.03. The molecule has 5 rings (SSSR count). The van der Waals surface area contributed by atoms with Crippen molar-refractivity contribution < 1.29 is 0 Å². The van der Waals surface area contributed by atoms with Gasteiger partial charge in [0.15, 0.2) is 0 Å². The number of para-hydroxylation sites is 1. The first-order chi connectivity index (χ1) is 16.3. The third-order valence-corrected chi connectivity index (χ3v) is 6.38. The minimum atomic E-state index is -0.420. The summed E-state index contributed by atoms with van der Waals surface area (Å²) >= 11 is 0. The van der Waals surface area contributed by atoms with Crippen LogP contribution in [-0.4, -0.2) is 27.8 Å². The van der Waals surface area contributed by atoms with E-state index >= 15 is 0 Å². The molecule has 8 nitrogen and oxygen atoms in total. The summed E-state index contributed by atoms with van der Waals surface area (Å²) in [5.74, 6) is 0. The Labute approximate surface area is 196 Å². The van der Waals surface area contributed by atoms with Crippen molar-refractivity contribution in [3.8, 4) is 5.69 Å². The molecule has 2 aromatic carbocycles. The molecule has 2 heterocycles. The van der Waals surface area contributed by atoms with Gasteiger partial charge in [0, 0.05) is 44.6 Å². The third-order valence-electron chi connectivity index (χ3n) is 6.38. The van der Waals surface area contributed by atoms with Crippen LogP contribution in [0, 0.1) is 6.92 Å². The van der Waals surface area contributed by atoms with Gasteiger partial charge in [0.1, 0.15) is 11.0 Å². The zero-order valence-corrected chi connectivity index (χ0v) is 19.7. The molecular formula is C26H27N5O3. The van der Waals surface area contributed by atoms with E-state index in [0.717, 1.165) is 29.8 Å². The summed E-state index contributed by atoms with van der Waals surface area (Å²) in [6.45, 7) is 1.91. The zero-order valence-electron chi connectivity index (χ0n) is 19.7. The van der Waals surface area contributed by atoms with E-state index in [2.05, 4.69) is 5.32 Å². The highest BCUT2D eigenvalue weighted by molar-refractivity contribution is 5.91. The molecule has 8 heteroatoms. The van der Waals surface area contributed by atoms with E-state index in [0.29, 0.717) is 16.8 Å². The summed E-state index contributed by atoms with van der Waals surface area (Å²) in [7, 11) is 5.51. The number of pyridine rings is 1. The summed E-state index contributed by atoms with van der Waals surface area (Å²) in [5.41, 5.74) is 2.84. The van der Waals surface area contributed by atoms with Crippen LogP contribution in [0.3, 0.4) is 0 Å². The Hall–Kier alpha value is -4.07. The summed E-state index contributed by atoms with van der Waals surface area (Å²) in [6.07, 6.45) is 1.57. The predicted octanol–water partition coefficient (Wildman–Crippen LogP) is 3.30. The minimum Gasteiger partial charge on any atom is -0.378 e. The lowest BCUT2D eigenvalue weighted by Gasteiger charge is -2.20. The molecule has 1 aliphatic rings. The molecule has 174 valence electrons. The maximum absolute atomic E-state index is 13.7. The number of benzene rings is 2. The number of aryl methyl sites for hydroxylation is 2. The van der Waals surface area contributed by atoms with Crippen LogP contribution < -0.4 is 27.0 Å². The van der Waals surface area contributed by atoms with Gasteiger partial charge in [-0.3, -0.25) is 18.7 Å². The van der Waals surface area contributed by atoms with Gasteiger partial charge in [-0.15, -0.1) is 0 Å². The van der Waals surface area contributed by atoms with E-state index in [-0.39, 0.29) is 22.8 Å². The predicted molar refractivity (Wildman–Crippen MR) is 136 cm³/mol. The molecule has 1 saturated carbocycles. The number of nitrogens with zero attached hydrogens (tertiary/aromatic N) is 4. The van der Waals surface area contributed by atoms with Crippen molar-refractivity contribution in [3.05, 3.63) is 91.4 Å². The SMILES string of the molecule is Cc1ccccc1-n1c(=O)n(C2CC2)c(=O)c2c(Nc3ccc(N(C)C)cc3)cc(=O)n(C)c21. The average molecular weight is 458 g/mol. The van der Waals surface area contributed by atoms with Crippen LogP contribution in [0.15, 0.2) is 69.0 Å². The zero-order chi connectivity index (χ0) is 24.1. The first-order valence-electron chi connectivity index (χ1n) is 11.3. The fourth-order valence-electron chi connectivity index (χ4n) is 4.35. The van der Waals surface area contributed by atoms with E-state index in [1.54, 1.807) is 7.05 Å². The summed E-state index contributed by atoms with van der Waals surface area (Å²) in [4.78, 5) is 42.4. The highest BCUT2D eigenvalue weighted by atomic mass is 16.2. The van der Waals surface area contributed by atoms with Gasteiger partial charge in [-0.25, -0.2) is 9.36 Å². The van der Waals surface area contributed by atoms with Crippen molar-refractivity contribution in [3.63, 3.8) is 0 Å². The number of hydrogen-bond donors (Lipinski definition) is 1. The Morgan fingerprint density at radius 2 is 1.65 bits per heavy atom. The lowest BCUT2D eigenvalue weighted by molar-refractivity contribution is 0.637. The maximum Gasteiger partial charge on any atom is 0.337 e. The van der Waals surface area contributed by atoms with Crippen LogP contribution in [0.1, 0.15) is 24.4 Å². The Bertz CT molecular complexity index is 1590. The van der Waals surface area contributed by atoms with Gasteiger partial charge >= 0.3 is 5.69 Å². The second kappa shape index (κ2) is 8.06. The molecule has 0 saturated heterocycles. The molecule has 0 aliphatic heterocycles. The highest BCUT2D eigenvalue weighted by Crippen LogP contribution is 2.33. The van der Waals surface area contributed by atoms with Gasteiger partial charge in [0.05, 0.1) is 11.4 Å². The first-order valence-corrected chi connectivity index (χ1v) is 11.3. The van der Waals surface area contributed by atoms with Crippen LogP contribution in [0.5, 0.6) is 0 Å².